The van der Waals surface area contributed by atoms with Gasteiger partial charge in [-0.2, -0.15) is 10.4 Å². The molecular weight excluding hydrogens is 500 g/mol. The maximum absolute atomic E-state index is 12.2. The first-order valence-electron chi connectivity index (χ1n) is 13.7. The minimum absolute atomic E-state index is 0.00246. The van der Waals surface area contributed by atoms with Crippen LogP contribution in [0, 0.1) is 23.7 Å². The Bertz CT molecular complexity index is 1610. The third kappa shape index (κ3) is 4.68. The van der Waals surface area contributed by atoms with Gasteiger partial charge in [0.1, 0.15) is 18.4 Å². The van der Waals surface area contributed by atoms with Crippen molar-refractivity contribution in [3.8, 4) is 22.9 Å². The Kier molecular flexibility index (Phi) is 6.72. The number of ether oxygens (including phenoxy) is 1. The molecule has 2 fully saturated rings. The van der Waals surface area contributed by atoms with Crippen LogP contribution in [0.25, 0.3) is 22.0 Å². The highest BCUT2D eigenvalue weighted by atomic mass is 16.5. The highest BCUT2D eigenvalue weighted by Gasteiger charge is 2.42. The molecule has 2 saturated heterocycles. The van der Waals surface area contributed by atoms with E-state index in [0.29, 0.717) is 17.9 Å². The molecule has 1 N–H and O–H groups in total. The van der Waals surface area contributed by atoms with Gasteiger partial charge in [-0.1, -0.05) is 18.7 Å². The molecule has 2 aliphatic heterocycles. The number of aryl methyl sites for hydroxylation is 1. The average Bonchev–Trinajstić information content (AvgIpc) is 3.63. The quantitative estimate of drug-likeness (QED) is 0.335. The first-order chi connectivity index (χ1) is 19.5. The van der Waals surface area contributed by atoms with Crippen molar-refractivity contribution < 1.29 is 9.53 Å². The standard InChI is InChI=1S/C32H32N6O2/c1-3-30(39)37-13-9-32(10-14-37)11-15-38(21-32)29-17-24(40-20-23-6-4-5-12-34-23)16-25(26(29)18-33)31-22(2)7-8-28-27(31)19-35-36-28/h3-8,12,16-17,19H,1,9-11,13-15,20-21H2,2H3,(H,35,36). The molecule has 2 aromatic heterocycles. The second-order valence-corrected chi connectivity index (χ2v) is 10.9. The SMILES string of the molecule is C=CC(=O)N1CCC2(CC1)CCN(c1cc(OCc3ccccn3)cc(-c3c(C)ccc4[nH]ncc34)c1C#N)C2. The number of carbonyl (C=O) groups is 1. The highest BCUT2D eigenvalue weighted by Crippen LogP contribution is 2.46. The van der Waals surface area contributed by atoms with Gasteiger partial charge in [-0.05, 0) is 73.1 Å². The molecule has 2 aromatic carbocycles. The van der Waals surface area contributed by atoms with Crippen molar-refractivity contribution in [1.29, 1.82) is 5.26 Å². The maximum atomic E-state index is 12.2. The molecular formula is C32H32N6O2. The van der Waals surface area contributed by atoms with E-state index in [0.717, 1.165) is 84.4 Å². The summed E-state index contributed by atoms with van der Waals surface area (Å²) in [5.41, 5.74) is 6.29. The van der Waals surface area contributed by atoms with Gasteiger partial charge in [-0.15, -0.1) is 0 Å². The number of rotatable bonds is 6. The van der Waals surface area contributed by atoms with Crippen molar-refractivity contribution in [1.82, 2.24) is 20.1 Å². The number of benzene rings is 2. The monoisotopic (exact) mass is 532 g/mol. The molecule has 202 valence electrons. The Morgan fingerprint density at radius 2 is 2.02 bits per heavy atom. The molecule has 0 unspecified atom stereocenters. The summed E-state index contributed by atoms with van der Waals surface area (Å²) >= 11 is 0. The number of pyridine rings is 1. The van der Waals surface area contributed by atoms with Crippen LogP contribution in [0.4, 0.5) is 5.69 Å². The first-order valence-corrected chi connectivity index (χ1v) is 13.7. The Labute approximate surface area is 233 Å². The van der Waals surface area contributed by atoms with Crippen LogP contribution in [-0.4, -0.2) is 52.2 Å². The van der Waals surface area contributed by atoms with E-state index in [4.69, 9.17) is 4.74 Å². The number of amides is 1. The number of aromatic nitrogens is 3. The molecule has 4 heterocycles. The summed E-state index contributed by atoms with van der Waals surface area (Å²) in [6.07, 6.45) is 7.90. The van der Waals surface area contributed by atoms with Crippen LogP contribution in [0.1, 0.15) is 36.1 Å². The van der Waals surface area contributed by atoms with Crippen LogP contribution < -0.4 is 9.64 Å². The fraction of sp³-hybridized carbons (Fsp3) is 0.312. The zero-order chi connectivity index (χ0) is 27.7. The van der Waals surface area contributed by atoms with Gasteiger partial charge in [-0.3, -0.25) is 14.9 Å². The molecule has 8 heteroatoms. The number of likely N-dealkylation sites (tertiary alicyclic amines) is 1. The van der Waals surface area contributed by atoms with E-state index in [1.165, 1.54) is 6.08 Å². The maximum Gasteiger partial charge on any atom is 0.245 e. The fourth-order valence-corrected chi connectivity index (χ4v) is 6.25. The van der Waals surface area contributed by atoms with Gasteiger partial charge in [-0.25, -0.2) is 0 Å². The largest absolute Gasteiger partial charge is 0.487 e. The number of piperidine rings is 1. The summed E-state index contributed by atoms with van der Waals surface area (Å²) in [5.74, 6) is 0.699. The van der Waals surface area contributed by atoms with Gasteiger partial charge in [0, 0.05) is 49.4 Å². The van der Waals surface area contributed by atoms with Gasteiger partial charge in [0.2, 0.25) is 5.91 Å². The Morgan fingerprint density at radius 3 is 2.77 bits per heavy atom. The number of nitriles is 1. The number of H-pyrrole nitrogens is 1. The number of fused-ring (bicyclic) bond motifs is 1. The van der Waals surface area contributed by atoms with Crippen LogP contribution in [0.2, 0.25) is 0 Å². The second kappa shape index (κ2) is 10.5. The third-order valence-corrected chi connectivity index (χ3v) is 8.51. The van der Waals surface area contributed by atoms with Gasteiger partial charge in [0.05, 0.1) is 28.7 Å². The Balaban J connectivity index is 1.39. The topological polar surface area (TPSA) is 98.1 Å². The third-order valence-electron chi connectivity index (χ3n) is 8.51. The molecule has 0 aliphatic carbocycles. The Hall–Kier alpha value is -4.64. The highest BCUT2D eigenvalue weighted by molar-refractivity contribution is 5.99. The number of hydrogen-bond acceptors (Lipinski definition) is 6. The first kappa shape index (κ1) is 25.6. The van der Waals surface area contributed by atoms with Crippen molar-refractivity contribution >= 4 is 22.5 Å². The molecule has 40 heavy (non-hydrogen) atoms. The molecule has 2 aliphatic rings. The van der Waals surface area contributed by atoms with E-state index in [1.807, 2.05) is 47.5 Å². The number of nitrogens with zero attached hydrogens (tertiary/aromatic N) is 5. The van der Waals surface area contributed by atoms with Crippen LogP contribution in [0.3, 0.4) is 0 Å². The summed E-state index contributed by atoms with van der Waals surface area (Å²) in [7, 11) is 0. The van der Waals surface area contributed by atoms with Gasteiger partial charge >= 0.3 is 0 Å². The van der Waals surface area contributed by atoms with Crippen molar-refractivity contribution in [2.75, 3.05) is 31.1 Å². The molecule has 0 atom stereocenters. The molecule has 6 rings (SSSR count). The van der Waals surface area contributed by atoms with Crippen molar-refractivity contribution in [3.05, 3.63) is 84.3 Å². The summed E-state index contributed by atoms with van der Waals surface area (Å²) in [6, 6.07) is 16.4. The normalized spacial score (nSPS) is 16.3. The lowest BCUT2D eigenvalue weighted by molar-refractivity contribution is -0.128. The molecule has 0 bridgehead atoms. The van der Waals surface area contributed by atoms with Crippen molar-refractivity contribution in [3.63, 3.8) is 0 Å². The lowest BCUT2D eigenvalue weighted by atomic mass is 9.77. The van der Waals surface area contributed by atoms with Crippen molar-refractivity contribution in [2.45, 2.75) is 32.8 Å². The van der Waals surface area contributed by atoms with E-state index in [9.17, 15) is 10.1 Å². The number of aromatic amines is 1. The number of nitrogens with one attached hydrogen (secondary N) is 1. The van der Waals surface area contributed by atoms with Crippen molar-refractivity contribution in [2.24, 2.45) is 5.41 Å². The van der Waals surface area contributed by atoms with Gasteiger partial charge in [0.15, 0.2) is 0 Å². The zero-order valence-electron chi connectivity index (χ0n) is 22.7. The van der Waals surface area contributed by atoms with Gasteiger partial charge in [0.25, 0.3) is 0 Å². The summed E-state index contributed by atoms with van der Waals surface area (Å²) in [4.78, 5) is 20.8. The zero-order valence-corrected chi connectivity index (χ0v) is 22.7. The van der Waals surface area contributed by atoms with Crippen LogP contribution in [0.5, 0.6) is 5.75 Å². The molecule has 8 nitrogen and oxygen atoms in total. The molecule has 0 radical (unpaired) electrons. The molecule has 1 amide bonds. The van der Waals surface area contributed by atoms with E-state index in [-0.39, 0.29) is 11.3 Å². The number of anilines is 1. The molecule has 1 spiro atoms. The predicted octanol–water partition coefficient (Wildman–Crippen LogP) is 5.39. The Morgan fingerprint density at radius 1 is 1.20 bits per heavy atom. The lowest BCUT2D eigenvalue weighted by Gasteiger charge is -2.39. The summed E-state index contributed by atoms with van der Waals surface area (Å²) in [5, 5.41) is 18.9. The smallest absolute Gasteiger partial charge is 0.245 e. The van der Waals surface area contributed by atoms with Gasteiger partial charge < -0.3 is 14.5 Å². The van der Waals surface area contributed by atoms with E-state index >= 15 is 0 Å². The molecule has 4 aromatic rings. The average molecular weight is 533 g/mol. The summed E-state index contributed by atoms with van der Waals surface area (Å²) < 4.78 is 6.30. The minimum Gasteiger partial charge on any atom is -0.487 e. The minimum atomic E-state index is 0.00246. The second-order valence-electron chi connectivity index (χ2n) is 10.9. The van der Waals surface area contributed by atoms with E-state index in [2.05, 4.69) is 45.7 Å². The lowest BCUT2D eigenvalue weighted by Crippen LogP contribution is -2.43. The van der Waals surface area contributed by atoms with E-state index in [1.54, 1.807) is 6.20 Å². The van der Waals surface area contributed by atoms with E-state index < -0.39 is 0 Å². The number of carbonyl (C=O) groups excluding carboxylic acids is 1. The van der Waals surface area contributed by atoms with Crippen LogP contribution in [-0.2, 0) is 11.4 Å². The fourth-order valence-electron chi connectivity index (χ4n) is 6.25. The molecule has 0 saturated carbocycles. The summed E-state index contributed by atoms with van der Waals surface area (Å²) in [6.45, 7) is 9.21. The number of hydrogen-bond donors (Lipinski definition) is 1. The predicted molar refractivity (Wildman–Crippen MR) is 155 cm³/mol. The van der Waals surface area contributed by atoms with Crippen LogP contribution >= 0.6 is 0 Å². The van der Waals surface area contributed by atoms with Crippen LogP contribution in [0.15, 0.2) is 67.5 Å².